The molecule has 3 aromatic rings. The Labute approximate surface area is 144 Å². The first-order valence-electron chi connectivity index (χ1n) is 8.51. The van der Waals surface area contributed by atoms with Crippen LogP contribution in [0.15, 0.2) is 17.4 Å². The predicted molar refractivity (Wildman–Crippen MR) is 94.7 cm³/mol. The third kappa shape index (κ3) is 2.00. The average Bonchev–Trinajstić information content (AvgIpc) is 2.96. The van der Waals surface area contributed by atoms with Crippen LogP contribution >= 0.6 is 0 Å². The van der Waals surface area contributed by atoms with Crippen LogP contribution in [0.2, 0.25) is 0 Å². The van der Waals surface area contributed by atoms with Crippen molar-refractivity contribution in [3.05, 3.63) is 23.7 Å². The molecule has 0 spiro atoms. The maximum atomic E-state index is 6.07. The Morgan fingerprint density at radius 3 is 2.88 bits per heavy atom. The Hall–Kier alpha value is -2.90. The first-order chi connectivity index (χ1) is 12.1. The number of nitrogens with one attached hydrogen (secondary N) is 2. The van der Waals surface area contributed by atoms with E-state index < -0.39 is 0 Å². The Kier molecular flexibility index (Phi) is 2.78. The lowest BCUT2D eigenvalue weighted by molar-refractivity contribution is 0.297. The Bertz CT molecular complexity index is 1030. The summed E-state index contributed by atoms with van der Waals surface area (Å²) in [6.07, 6.45) is 3.82. The minimum atomic E-state index is 0.0552. The van der Waals surface area contributed by atoms with E-state index in [0.717, 1.165) is 52.7 Å². The van der Waals surface area contributed by atoms with Crippen molar-refractivity contribution in [2.45, 2.75) is 39.2 Å². The van der Waals surface area contributed by atoms with Crippen molar-refractivity contribution < 1.29 is 4.74 Å². The molecular weight excluding hydrogens is 318 g/mol. The number of aryl methyl sites for hydroxylation is 1. The molecule has 0 atom stereocenters. The fourth-order valence-corrected chi connectivity index (χ4v) is 3.42. The lowest BCUT2D eigenvalue weighted by Crippen LogP contribution is -2.18. The summed E-state index contributed by atoms with van der Waals surface area (Å²) < 4.78 is 8.29. The van der Waals surface area contributed by atoms with Gasteiger partial charge >= 0.3 is 0 Å². The fourth-order valence-electron chi connectivity index (χ4n) is 3.42. The quantitative estimate of drug-likeness (QED) is 0.763. The smallest absolute Gasteiger partial charge is 0.207 e. The largest absolute Gasteiger partial charge is 0.479 e. The molecule has 3 aromatic heterocycles. The van der Waals surface area contributed by atoms with E-state index in [0.29, 0.717) is 12.4 Å². The predicted octanol–water partition coefficient (Wildman–Crippen LogP) is 2.87. The van der Waals surface area contributed by atoms with E-state index in [1.54, 1.807) is 6.33 Å². The van der Waals surface area contributed by atoms with E-state index in [2.05, 4.69) is 42.0 Å². The van der Waals surface area contributed by atoms with Gasteiger partial charge in [0.15, 0.2) is 5.82 Å². The molecule has 0 amide bonds. The van der Waals surface area contributed by atoms with Gasteiger partial charge in [0.05, 0.1) is 23.3 Å². The maximum absolute atomic E-state index is 6.07. The first kappa shape index (κ1) is 14.4. The van der Waals surface area contributed by atoms with Crippen LogP contribution in [0.1, 0.15) is 37.9 Å². The molecule has 1 fully saturated rings. The molecule has 1 aliphatic heterocycles. The van der Waals surface area contributed by atoms with Crippen LogP contribution in [0.25, 0.3) is 11.0 Å². The van der Waals surface area contributed by atoms with Crippen molar-refractivity contribution in [1.82, 2.24) is 24.7 Å². The van der Waals surface area contributed by atoms with Crippen LogP contribution in [0.4, 0.5) is 11.6 Å². The molecule has 8 heteroatoms. The summed E-state index contributed by atoms with van der Waals surface area (Å²) in [6, 6.07) is 1.94. The standard InChI is InChI=1S/C17H19N7O/c1-4-25-16-12-11-13(21-14(12)20-10-7-9(2)22-23-10)18-8-19-15(11)24(16)17(3)5-6-17/h7-8H,4-6H2,1-3H3,(H2,18,19,20,21,22,23). The second-order valence-corrected chi connectivity index (χ2v) is 6.85. The summed E-state index contributed by atoms with van der Waals surface area (Å²) in [7, 11) is 0. The van der Waals surface area contributed by atoms with E-state index in [-0.39, 0.29) is 5.54 Å². The van der Waals surface area contributed by atoms with Gasteiger partial charge in [-0.2, -0.15) is 5.10 Å². The number of hydrogen-bond acceptors (Lipinski definition) is 6. The topological polar surface area (TPSA) is 93.0 Å². The summed E-state index contributed by atoms with van der Waals surface area (Å²) >= 11 is 0. The number of hydrogen-bond donors (Lipinski definition) is 2. The molecule has 0 radical (unpaired) electrons. The summed E-state index contributed by atoms with van der Waals surface area (Å²) in [4.78, 5) is 13.6. The highest BCUT2D eigenvalue weighted by Gasteiger charge is 2.45. The summed E-state index contributed by atoms with van der Waals surface area (Å²) in [5.41, 5.74) is 2.80. The normalized spacial score (nSPS) is 17.0. The van der Waals surface area contributed by atoms with Gasteiger partial charge in [-0.15, -0.1) is 0 Å². The molecule has 5 rings (SSSR count). The van der Waals surface area contributed by atoms with Crippen molar-refractivity contribution >= 4 is 28.5 Å². The van der Waals surface area contributed by atoms with E-state index in [9.17, 15) is 0 Å². The lowest BCUT2D eigenvalue weighted by Gasteiger charge is -2.18. The molecule has 2 aliphatic rings. The van der Waals surface area contributed by atoms with Crippen molar-refractivity contribution in [2.24, 2.45) is 4.99 Å². The highest BCUT2D eigenvalue weighted by atomic mass is 16.5. The van der Waals surface area contributed by atoms with E-state index in [4.69, 9.17) is 4.74 Å². The van der Waals surface area contributed by atoms with Crippen LogP contribution in [0.5, 0.6) is 5.88 Å². The molecule has 0 aromatic carbocycles. The minimum Gasteiger partial charge on any atom is -0.479 e. The van der Waals surface area contributed by atoms with Crippen LogP contribution in [0, 0.1) is 6.92 Å². The second-order valence-electron chi connectivity index (χ2n) is 6.85. The molecule has 0 bridgehead atoms. The van der Waals surface area contributed by atoms with Crippen molar-refractivity contribution in [2.75, 3.05) is 11.9 Å². The van der Waals surface area contributed by atoms with E-state index >= 15 is 0 Å². The minimum absolute atomic E-state index is 0.0552. The van der Waals surface area contributed by atoms with Gasteiger partial charge in [-0.25, -0.2) is 15.0 Å². The van der Waals surface area contributed by atoms with Crippen LogP contribution in [-0.4, -0.2) is 37.2 Å². The molecule has 25 heavy (non-hydrogen) atoms. The third-order valence-electron chi connectivity index (χ3n) is 4.89. The van der Waals surface area contributed by atoms with Gasteiger partial charge in [0, 0.05) is 11.6 Å². The molecule has 1 aliphatic carbocycles. The first-order valence-corrected chi connectivity index (χ1v) is 8.51. The van der Waals surface area contributed by atoms with Crippen LogP contribution in [0.3, 0.4) is 0 Å². The summed E-state index contributed by atoms with van der Waals surface area (Å²) in [6.45, 7) is 6.75. The van der Waals surface area contributed by atoms with Crippen molar-refractivity contribution in [1.29, 1.82) is 0 Å². The molecule has 8 nitrogen and oxygen atoms in total. The average molecular weight is 337 g/mol. The molecule has 0 saturated heterocycles. The van der Waals surface area contributed by atoms with Gasteiger partial charge in [-0.3, -0.25) is 9.67 Å². The molecule has 1 saturated carbocycles. The fraction of sp³-hybridized carbons (Fsp3) is 0.412. The zero-order valence-electron chi connectivity index (χ0n) is 14.4. The van der Waals surface area contributed by atoms with Gasteiger partial charge in [0.2, 0.25) is 5.88 Å². The number of aliphatic imine (C=N–C) groups is 1. The number of ether oxygens (including phenoxy) is 1. The zero-order valence-corrected chi connectivity index (χ0v) is 14.4. The van der Waals surface area contributed by atoms with Gasteiger partial charge < -0.3 is 10.1 Å². The number of anilines is 1. The van der Waals surface area contributed by atoms with Crippen LogP contribution in [-0.2, 0) is 5.54 Å². The maximum Gasteiger partial charge on any atom is 0.207 e. The van der Waals surface area contributed by atoms with Gasteiger partial charge in [-0.05, 0) is 33.6 Å². The van der Waals surface area contributed by atoms with Gasteiger partial charge in [-0.1, -0.05) is 0 Å². The highest BCUT2D eigenvalue weighted by Crippen LogP contribution is 2.51. The Morgan fingerprint density at radius 1 is 1.36 bits per heavy atom. The van der Waals surface area contributed by atoms with Gasteiger partial charge in [0.25, 0.3) is 0 Å². The Balaban J connectivity index is 1.71. The van der Waals surface area contributed by atoms with E-state index in [1.165, 1.54) is 0 Å². The number of aromatic nitrogens is 5. The van der Waals surface area contributed by atoms with Crippen molar-refractivity contribution in [3.8, 4) is 5.88 Å². The number of rotatable bonds is 4. The third-order valence-corrected chi connectivity index (χ3v) is 4.89. The number of nitrogens with zero attached hydrogens (tertiary/aromatic N) is 5. The zero-order chi connectivity index (χ0) is 17.2. The Morgan fingerprint density at radius 2 is 2.20 bits per heavy atom. The molecule has 2 N–H and O–H groups in total. The number of amidine groups is 1. The number of aromatic amines is 1. The SMILES string of the molecule is CCOc1c2c3c(ncnc3n1C1(C)CC1)N=C2Nc1cc(C)n[nH]1. The monoisotopic (exact) mass is 337 g/mol. The molecule has 4 heterocycles. The van der Waals surface area contributed by atoms with Gasteiger partial charge in [0.1, 0.15) is 23.6 Å². The van der Waals surface area contributed by atoms with Crippen molar-refractivity contribution in [3.63, 3.8) is 0 Å². The lowest BCUT2D eigenvalue weighted by atomic mass is 10.2. The second kappa shape index (κ2) is 4.81. The molecular formula is C17H19N7O. The number of H-pyrrole nitrogens is 1. The summed E-state index contributed by atoms with van der Waals surface area (Å²) in [5, 5.41) is 11.4. The highest BCUT2D eigenvalue weighted by molar-refractivity contribution is 6.24. The van der Waals surface area contributed by atoms with Crippen LogP contribution < -0.4 is 10.1 Å². The van der Waals surface area contributed by atoms with E-state index in [1.807, 2.05) is 19.9 Å². The molecule has 128 valence electrons. The summed E-state index contributed by atoms with van der Waals surface area (Å²) in [5.74, 6) is 3.01. The molecule has 0 unspecified atom stereocenters.